The monoisotopic (exact) mass is 884 g/mol. The van der Waals surface area contributed by atoms with Crippen LogP contribution in [0, 0.1) is 0 Å². The van der Waals surface area contributed by atoms with E-state index in [1.165, 1.54) is 0 Å². The van der Waals surface area contributed by atoms with E-state index in [-0.39, 0.29) is 6.61 Å². The van der Waals surface area contributed by atoms with Crippen molar-refractivity contribution in [2.75, 3.05) is 13.2 Å². The lowest BCUT2D eigenvalue weighted by molar-refractivity contribution is -0.375. The summed E-state index contributed by atoms with van der Waals surface area (Å²) in [5.41, 5.74) is 0. The van der Waals surface area contributed by atoms with E-state index in [9.17, 15) is 90.4 Å². The van der Waals surface area contributed by atoms with E-state index in [4.69, 9.17) is 53.6 Å². The van der Waals surface area contributed by atoms with Gasteiger partial charge >= 0.3 is 29.8 Å². The van der Waals surface area contributed by atoms with Gasteiger partial charge in [0.05, 0.1) is 13.2 Å². The molecule has 0 saturated carbocycles. The highest BCUT2D eigenvalue weighted by molar-refractivity contribution is 5.75. The van der Waals surface area contributed by atoms with Crippen LogP contribution in [-0.2, 0) is 61.9 Å². The first-order valence-corrected chi connectivity index (χ1v) is 17.4. The zero-order chi connectivity index (χ0) is 45.2. The third-order valence-electron chi connectivity index (χ3n) is 9.73. The Bertz CT molecular complexity index is 1520. The van der Waals surface area contributed by atoms with E-state index >= 15 is 0 Å². The summed E-state index contributed by atoms with van der Waals surface area (Å²) in [6.45, 7) is -0.918. The van der Waals surface area contributed by atoms with Crippen molar-refractivity contribution < 1.29 is 149 Å². The molecule has 0 amide bonds. The Balaban J connectivity index is 0.000000567. The van der Waals surface area contributed by atoms with Crippen molar-refractivity contribution in [3.05, 3.63) is 0 Å². The minimum atomic E-state index is -2.40. The number of rotatable bonds is 11. The molecule has 5 rings (SSSR count). The van der Waals surface area contributed by atoms with Crippen molar-refractivity contribution >= 4 is 29.8 Å². The maximum Gasteiger partial charge on any atom is 0.335 e. The van der Waals surface area contributed by atoms with Crippen molar-refractivity contribution in [1.29, 1.82) is 0 Å². The molecule has 17 N–H and O–H groups in total. The van der Waals surface area contributed by atoms with Crippen LogP contribution in [0.15, 0.2) is 0 Å². The van der Waals surface area contributed by atoms with Gasteiger partial charge in [-0.3, -0.25) is 0 Å². The molecule has 5 saturated heterocycles. The van der Waals surface area contributed by atoms with E-state index in [2.05, 4.69) is 4.74 Å². The van der Waals surface area contributed by atoms with Crippen LogP contribution in [0.4, 0.5) is 0 Å². The van der Waals surface area contributed by atoms with Gasteiger partial charge in [-0.05, 0) is 0 Å². The number of carboxylic acid groups (broad SMARTS) is 5. The number of hydrogen-bond donors (Lipinski definition) is 17. The predicted octanol–water partition coefficient (Wildman–Crippen LogP) is -11.1. The molecule has 30 heteroatoms. The molecule has 344 valence electrons. The Labute approximate surface area is 333 Å². The highest BCUT2D eigenvalue weighted by Gasteiger charge is 2.58. The number of aliphatic hydroxyl groups is 12. The maximum atomic E-state index is 12.1. The van der Waals surface area contributed by atoms with Crippen LogP contribution >= 0.6 is 0 Å². The number of carboxylic acids is 5. The normalized spacial score (nSPS) is 47.2. The van der Waals surface area contributed by atoms with Gasteiger partial charge in [-0.25, -0.2) is 24.0 Å². The van der Waals surface area contributed by atoms with E-state index < -0.39 is 177 Å². The standard InChI is InChI=1S/C24H34O24.C6H10O6/c25-2-1-42-15(19(36)37)11(3(2)26)43-23-9(32)6(29)13(17(47-23)21(40)41)45-24-10(33)7(30)12(16(48-24)20(38)39)44-22-8(31)4(27)5(28)14(46-22)18(34)35;7-2-1-12-5(6(10)11)4(9)3(2)8/h2-17,22-33H,1H2,(H,34,35)(H,36,37)(H,38,39)(H,40,41);2-5,7-9H,1H2,(H,10,11)/t2?,3-,4+,5+,6-,7-,8?,9?,10?,11+,12+,13+,14?,15?,16?,17?,22?,23?,24?;2?,3?,4-,5+/m10/s1. The fourth-order valence-electron chi connectivity index (χ4n) is 6.41. The molecule has 5 fully saturated rings. The highest BCUT2D eigenvalue weighted by atomic mass is 16.8. The second kappa shape index (κ2) is 20.2. The quantitative estimate of drug-likeness (QED) is 0.0916. The van der Waals surface area contributed by atoms with Crippen molar-refractivity contribution in [3.63, 3.8) is 0 Å². The smallest absolute Gasteiger partial charge is 0.335 e. The first-order valence-electron chi connectivity index (χ1n) is 17.4. The van der Waals surface area contributed by atoms with Crippen LogP contribution in [0.25, 0.3) is 0 Å². The summed E-state index contributed by atoms with van der Waals surface area (Å²) in [5, 5.41) is 167. The molecule has 0 aliphatic carbocycles. The predicted molar refractivity (Wildman–Crippen MR) is 170 cm³/mol. The summed E-state index contributed by atoms with van der Waals surface area (Å²) in [6.07, 6.45) is -47.6. The Morgan fingerprint density at radius 3 is 1.02 bits per heavy atom. The van der Waals surface area contributed by atoms with Gasteiger partial charge in [-0.15, -0.1) is 0 Å². The van der Waals surface area contributed by atoms with Crippen molar-refractivity contribution in [1.82, 2.24) is 0 Å². The van der Waals surface area contributed by atoms with Gasteiger partial charge in [-0.1, -0.05) is 0 Å². The van der Waals surface area contributed by atoms with Gasteiger partial charge < -0.3 is 125 Å². The van der Waals surface area contributed by atoms with Crippen LogP contribution in [0.2, 0.25) is 0 Å². The summed E-state index contributed by atoms with van der Waals surface area (Å²) >= 11 is 0. The molecule has 0 bridgehead atoms. The van der Waals surface area contributed by atoms with E-state index in [0.29, 0.717) is 0 Å². The van der Waals surface area contributed by atoms with Crippen LogP contribution in [0.1, 0.15) is 0 Å². The lowest BCUT2D eigenvalue weighted by atomic mass is 9.95. The SMILES string of the molecule is O=C(O)C1OC(O[C@@H]2C(C(=O)O)OC(O[C@@H]3C(C(=O)O)OC(O[C@@H]4C(C(=O)O)OCC(O)[C@H]4O)C(O)[C@H]3O)C(O)[C@H]2O)C(O)[C@@H](O)[C@@H]1O.O=C(O)[C@@H]1OCC(O)C(O)[C@@H]1O. The van der Waals surface area contributed by atoms with Crippen LogP contribution < -0.4 is 0 Å². The summed E-state index contributed by atoms with van der Waals surface area (Å²) in [4.78, 5) is 57.4. The lowest BCUT2D eigenvalue weighted by Gasteiger charge is -2.47. The number of hydrogen-bond acceptors (Lipinski definition) is 25. The number of ether oxygens (including phenoxy) is 8. The fourth-order valence-corrected chi connectivity index (χ4v) is 6.41. The summed E-state index contributed by atoms with van der Waals surface area (Å²) in [5.74, 6) is -8.76. The minimum absolute atomic E-state index is 0.283. The Morgan fingerprint density at radius 2 is 0.633 bits per heavy atom. The fraction of sp³-hybridized carbons (Fsp3) is 0.833. The molecule has 5 aliphatic heterocycles. The van der Waals surface area contributed by atoms with Crippen LogP contribution in [0.5, 0.6) is 0 Å². The first kappa shape index (κ1) is 49.2. The molecule has 5 heterocycles. The largest absolute Gasteiger partial charge is 0.479 e. The van der Waals surface area contributed by atoms with Gasteiger partial charge in [0.25, 0.3) is 0 Å². The molecular weight excluding hydrogens is 840 g/mol. The highest BCUT2D eigenvalue weighted by Crippen LogP contribution is 2.34. The molecule has 60 heavy (non-hydrogen) atoms. The van der Waals surface area contributed by atoms with Gasteiger partial charge in [0.15, 0.2) is 49.4 Å². The topological polar surface area (TPSA) is 503 Å². The van der Waals surface area contributed by atoms with Crippen molar-refractivity contribution in [2.45, 2.75) is 141 Å². The number of carbonyl (C=O) groups is 5. The average Bonchev–Trinajstić information content (AvgIpc) is 3.17. The van der Waals surface area contributed by atoms with E-state index in [1.54, 1.807) is 0 Å². The lowest BCUT2D eigenvalue weighted by Crippen LogP contribution is -2.68. The van der Waals surface area contributed by atoms with Gasteiger partial charge in [0.2, 0.25) is 0 Å². The molecule has 5 aliphatic rings. The maximum absolute atomic E-state index is 12.1. The second-order valence-electron chi connectivity index (χ2n) is 13.8. The van der Waals surface area contributed by atoms with Gasteiger partial charge in [0.1, 0.15) is 91.6 Å². The third kappa shape index (κ3) is 10.4. The summed E-state index contributed by atoms with van der Waals surface area (Å²) in [7, 11) is 0. The van der Waals surface area contributed by atoms with Gasteiger partial charge in [-0.2, -0.15) is 0 Å². The van der Waals surface area contributed by atoms with E-state index in [1.807, 2.05) is 0 Å². The molecule has 0 aromatic heterocycles. The summed E-state index contributed by atoms with van der Waals surface area (Å²) in [6, 6.07) is 0. The molecule has 0 radical (unpaired) electrons. The molecule has 0 spiro atoms. The molecule has 23 atom stereocenters. The molecule has 0 aromatic rings. The molecule has 13 unspecified atom stereocenters. The number of aliphatic hydroxyl groups excluding tert-OH is 12. The van der Waals surface area contributed by atoms with Crippen molar-refractivity contribution in [2.24, 2.45) is 0 Å². The van der Waals surface area contributed by atoms with Crippen LogP contribution in [-0.4, -0.2) is 271 Å². The molecule has 30 nitrogen and oxygen atoms in total. The van der Waals surface area contributed by atoms with E-state index in [0.717, 1.165) is 0 Å². The average molecular weight is 885 g/mol. The third-order valence-corrected chi connectivity index (χ3v) is 9.73. The zero-order valence-corrected chi connectivity index (χ0v) is 30.1. The Morgan fingerprint density at radius 1 is 0.333 bits per heavy atom. The Hall–Kier alpha value is -3.45. The Kier molecular flexibility index (Phi) is 16.5. The van der Waals surface area contributed by atoms with Crippen LogP contribution in [0.3, 0.4) is 0 Å². The zero-order valence-electron chi connectivity index (χ0n) is 30.1. The van der Waals surface area contributed by atoms with Gasteiger partial charge in [0, 0.05) is 0 Å². The minimum Gasteiger partial charge on any atom is -0.479 e. The number of aliphatic carboxylic acids is 5. The molecular formula is C30H44O30. The summed E-state index contributed by atoms with van der Waals surface area (Å²) < 4.78 is 40.3. The van der Waals surface area contributed by atoms with Crippen molar-refractivity contribution in [3.8, 4) is 0 Å². The second-order valence-corrected chi connectivity index (χ2v) is 13.8. The molecule has 0 aromatic carbocycles. The first-order chi connectivity index (χ1) is 27.9.